The van der Waals surface area contributed by atoms with Crippen molar-refractivity contribution in [1.82, 2.24) is 4.72 Å². The van der Waals surface area contributed by atoms with Gasteiger partial charge in [0.05, 0.1) is 5.54 Å². The van der Waals surface area contributed by atoms with E-state index in [0.29, 0.717) is 19.4 Å². The van der Waals surface area contributed by atoms with Crippen LogP contribution in [0.1, 0.15) is 43.7 Å². The molecule has 2 aliphatic rings. The van der Waals surface area contributed by atoms with Gasteiger partial charge in [-0.3, -0.25) is 4.79 Å². The molecule has 1 amide bonds. The Morgan fingerprint density at radius 3 is 2.64 bits per heavy atom. The Hall–Kier alpha value is -1.34. The fourth-order valence-electron chi connectivity index (χ4n) is 3.17. The Balaban J connectivity index is 1.93. The molecule has 1 heterocycles. The summed E-state index contributed by atoms with van der Waals surface area (Å²) in [6.07, 6.45) is 3.61. The number of carbonyl (C=O) groups excluding carboxylic acids is 1. The van der Waals surface area contributed by atoms with Crippen LogP contribution in [-0.4, -0.2) is 28.0 Å². The van der Waals surface area contributed by atoms with E-state index in [1.165, 1.54) is 0 Å². The standard InChI is InChI=1S/C15H19BN2O3S/c1-2-9-18-13-5-4-12(10-11(13)3-6-14(18)19)15(7-8-15)17-22(16,20)21/h4-5,10,17H,2-3,6-9H2,1H3. The van der Waals surface area contributed by atoms with E-state index in [0.717, 1.165) is 36.1 Å². The molecular weight excluding hydrogens is 299 g/mol. The Labute approximate surface area is 132 Å². The van der Waals surface area contributed by atoms with Gasteiger partial charge in [0.1, 0.15) is 9.87 Å². The van der Waals surface area contributed by atoms with Gasteiger partial charge in [-0.1, -0.05) is 19.1 Å². The highest BCUT2D eigenvalue weighted by Crippen LogP contribution is 2.47. The number of amides is 1. The number of hydrogen-bond donors (Lipinski definition) is 1. The topological polar surface area (TPSA) is 66.5 Å². The van der Waals surface area contributed by atoms with Gasteiger partial charge in [0.2, 0.25) is 5.91 Å². The summed E-state index contributed by atoms with van der Waals surface area (Å²) in [5.41, 5.74) is 2.44. The van der Waals surface area contributed by atoms with E-state index in [1.807, 2.05) is 30.0 Å². The van der Waals surface area contributed by atoms with E-state index in [2.05, 4.69) is 4.72 Å². The van der Waals surface area contributed by atoms with Gasteiger partial charge in [-0.2, -0.15) is 0 Å². The molecule has 0 unspecified atom stereocenters. The highest BCUT2D eigenvalue weighted by atomic mass is 32.2. The van der Waals surface area contributed by atoms with E-state index < -0.39 is 15.4 Å². The molecule has 0 bridgehead atoms. The molecule has 1 aliphatic heterocycles. The first-order valence-corrected chi connectivity index (χ1v) is 9.15. The fraction of sp³-hybridized carbons (Fsp3) is 0.533. The number of hydrogen-bond acceptors (Lipinski definition) is 3. The summed E-state index contributed by atoms with van der Waals surface area (Å²) >= 11 is 0. The molecule has 0 spiro atoms. The highest BCUT2D eigenvalue weighted by Gasteiger charge is 2.46. The first-order chi connectivity index (χ1) is 10.3. The van der Waals surface area contributed by atoms with Crippen LogP contribution in [0, 0.1) is 0 Å². The minimum atomic E-state index is -3.73. The van der Waals surface area contributed by atoms with E-state index in [9.17, 15) is 13.2 Å². The molecule has 1 aromatic carbocycles. The van der Waals surface area contributed by atoms with Crippen molar-refractivity contribution in [3.05, 3.63) is 29.3 Å². The molecule has 0 atom stereocenters. The molecule has 116 valence electrons. The number of fused-ring (bicyclic) bond motifs is 1. The SMILES string of the molecule is [B]S(=O)(=O)NC1(c2ccc3c(c2)CCC(=O)N3CCC)CC1. The van der Waals surface area contributed by atoms with Crippen LogP contribution >= 0.6 is 0 Å². The Morgan fingerprint density at radius 2 is 2.05 bits per heavy atom. The summed E-state index contributed by atoms with van der Waals surface area (Å²) < 4.78 is 25.2. The summed E-state index contributed by atoms with van der Waals surface area (Å²) in [6.45, 7) is 2.76. The largest absolute Gasteiger partial charge is 0.312 e. The molecule has 0 saturated heterocycles. The number of benzene rings is 1. The Morgan fingerprint density at radius 1 is 1.32 bits per heavy atom. The molecular formula is C15H19BN2O3S. The van der Waals surface area contributed by atoms with Crippen molar-refractivity contribution in [2.75, 3.05) is 11.4 Å². The lowest BCUT2D eigenvalue weighted by molar-refractivity contribution is -0.118. The molecule has 1 aromatic rings. The number of carbonyl (C=O) groups is 1. The predicted octanol–water partition coefficient (Wildman–Crippen LogP) is 1.37. The monoisotopic (exact) mass is 318 g/mol. The molecule has 1 N–H and O–H groups in total. The van der Waals surface area contributed by atoms with Gasteiger partial charge in [0, 0.05) is 18.7 Å². The lowest BCUT2D eigenvalue weighted by Crippen LogP contribution is -2.37. The first kappa shape index (κ1) is 15.6. The third kappa shape index (κ3) is 2.92. The lowest BCUT2D eigenvalue weighted by atomic mass is 9.95. The smallest absolute Gasteiger partial charge is 0.277 e. The molecule has 5 nitrogen and oxygen atoms in total. The number of aryl methyl sites for hydroxylation is 1. The molecule has 3 rings (SSSR count). The highest BCUT2D eigenvalue weighted by molar-refractivity contribution is 8.10. The molecule has 1 aliphatic carbocycles. The van der Waals surface area contributed by atoms with Crippen molar-refractivity contribution in [3.63, 3.8) is 0 Å². The first-order valence-electron chi connectivity index (χ1n) is 7.60. The number of nitrogens with one attached hydrogen (secondary N) is 1. The molecule has 22 heavy (non-hydrogen) atoms. The maximum Gasteiger partial charge on any atom is 0.277 e. The molecule has 1 fully saturated rings. The van der Waals surface area contributed by atoms with Gasteiger partial charge in [-0.05, 0) is 42.9 Å². The molecule has 2 radical (unpaired) electrons. The minimum Gasteiger partial charge on any atom is -0.312 e. The van der Waals surface area contributed by atoms with E-state index in [1.54, 1.807) is 0 Å². The van der Waals surface area contributed by atoms with E-state index in [-0.39, 0.29) is 5.91 Å². The van der Waals surface area contributed by atoms with Crippen LogP contribution in [0.2, 0.25) is 0 Å². The number of anilines is 1. The van der Waals surface area contributed by atoms with E-state index in [4.69, 9.17) is 7.12 Å². The van der Waals surface area contributed by atoms with Crippen LogP contribution in [0.3, 0.4) is 0 Å². The quantitative estimate of drug-likeness (QED) is 0.834. The van der Waals surface area contributed by atoms with Crippen LogP contribution in [-0.2, 0) is 26.6 Å². The second-order valence-electron chi connectivity index (χ2n) is 6.12. The molecule has 7 heteroatoms. The maximum atomic E-state index is 12.0. The van der Waals surface area contributed by atoms with Crippen LogP contribution in [0.15, 0.2) is 18.2 Å². The van der Waals surface area contributed by atoms with E-state index >= 15 is 0 Å². The van der Waals surface area contributed by atoms with Gasteiger partial charge in [0.15, 0.2) is 0 Å². The summed E-state index contributed by atoms with van der Waals surface area (Å²) in [7, 11) is 1.39. The van der Waals surface area contributed by atoms with Gasteiger partial charge in [-0.15, -0.1) is 0 Å². The third-order valence-corrected chi connectivity index (χ3v) is 5.04. The number of rotatable bonds is 5. The van der Waals surface area contributed by atoms with Crippen LogP contribution < -0.4 is 9.62 Å². The van der Waals surface area contributed by atoms with Crippen molar-refractivity contribution in [2.24, 2.45) is 0 Å². The fourth-order valence-corrected chi connectivity index (χ4v) is 4.04. The predicted molar refractivity (Wildman–Crippen MR) is 86.1 cm³/mol. The summed E-state index contributed by atoms with van der Waals surface area (Å²) in [4.78, 5) is 13.9. The Bertz CT molecular complexity index is 713. The normalized spacial score (nSPS) is 19.9. The van der Waals surface area contributed by atoms with Crippen LogP contribution in [0.4, 0.5) is 5.69 Å². The average Bonchev–Trinajstić information content (AvgIpc) is 3.20. The zero-order valence-electron chi connectivity index (χ0n) is 12.6. The second-order valence-corrected chi connectivity index (χ2v) is 7.41. The van der Waals surface area contributed by atoms with Gasteiger partial charge in [-0.25, -0.2) is 13.1 Å². The van der Waals surface area contributed by atoms with Gasteiger partial charge >= 0.3 is 0 Å². The summed E-state index contributed by atoms with van der Waals surface area (Å²) in [6, 6.07) is 5.86. The lowest BCUT2D eigenvalue weighted by Gasteiger charge is -2.30. The van der Waals surface area contributed by atoms with Crippen LogP contribution in [0.5, 0.6) is 0 Å². The molecule has 0 aromatic heterocycles. The van der Waals surface area contributed by atoms with Crippen LogP contribution in [0.25, 0.3) is 0 Å². The van der Waals surface area contributed by atoms with Crippen molar-refractivity contribution < 1.29 is 13.2 Å². The van der Waals surface area contributed by atoms with Crippen molar-refractivity contribution >= 4 is 28.6 Å². The summed E-state index contributed by atoms with van der Waals surface area (Å²) in [5, 5.41) is 0. The van der Waals surface area contributed by atoms with Gasteiger partial charge in [0.25, 0.3) is 7.12 Å². The summed E-state index contributed by atoms with van der Waals surface area (Å²) in [5.74, 6) is 0.158. The second kappa shape index (κ2) is 5.39. The molecule has 1 saturated carbocycles. The minimum absolute atomic E-state index is 0.158. The van der Waals surface area contributed by atoms with Crippen molar-refractivity contribution in [1.29, 1.82) is 0 Å². The third-order valence-electron chi connectivity index (χ3n) is 4.37. The van der Waals surface area contributed by atoms with Crippen molar-refractivity contribution in [3.8, 4) is 0 Å². The van der Waals surface area contributed by atoms with Gasteiger partial charge < -0.3 is 4.90 Å². The zero-order chi connectivity index (χ0) is 16.0. The zero-order valence-corrected chi connectivity index (χ0v) is 13.4. The maximum absolute atomic E-state index is 12.0. The average molecular weight is 318 g/mol. The van der Waals surface area contributed by atoms with Crippen molar-refractivity contribution in [2.45, 2.75) is 44.6 Å². The number of nitrogens with zero attached hydrogens (tertiary/aromatic N) is 1. The Kier molecular flexibility index (Phi) is 3.81.